The molecule has 1 aliphatic heterocycles. The van der Waals surface area contributed by atoms with Crippen LogP contribution in [0.25, 0.3) is 11.2 Å². The molecule has 3 aromatic rings. The van der Waals surface area contributed by atoms with Crippen LogP contribution in [0.4, 0.5) is 11.5 Å². The van der Waals surface area contributed by atoms with Crippen molar-refractivity contribution < 1.29 is 17.9 Å². The minimum absolute atomic E-state index is 0.0262. The van der Waals surface area contributed by atoms with Gasteiger partial charge in [-0.25, -0.2) is 28.1 Å². The van der Waals surface area contributed by atoms with E-state index in [1.165, 1.54) is 18.1 Å². The highest BCUT2D eigenvalue weighted by Gasteiger charge is 2.23. The first-order chi connectivity index (χ1) is 15.9. The highest BCUT2D eigenvalue weighted by Crippen LogP contribution is 2.44. The van der Waals surface area contributed by atoms with Crippen molar-refractivity contribution in [1.82, 2.24) is 24.2 Å². The van der Waals surface area contributed by atoms with Gasteiger partial charge in [0, 0.05) is 43.2 Å². The number of hydrogen-bond donors (Lipinski definition) is 2. The third kappa shape index (κ3) is 5.31. The molecule has 4 rings (SSSR count). The predicted molar refractivity (Wildman–Crippen MR) is 132 cm³/mol. The van der Waals surface area contributed by atoms with Crippen LogP contribution in [0.2, 0.25) is 0 Å². The lowest BCUT2D eigenvalue weighted by Gasteiger charge is -2.20. The number of rotatable bonds is 8. The Hall–Kier alpha value is -2.77. The fourth-order valence-electron chi connectivity index (χ4n) is 3.59. The quantitative estimate of drug-likeness (QED) is 0.467. The monoisotopic (exact) mass is 507 g/mol. The van der Waals surface area contributed by atoms with E-state index in [4.69, 9.17) is 20.2 Å². The summed E-state index contributed by atoms with van der Waals surface area (Å²) in [5.74, 6) is 1.59. The first-order valence-electron chi connectivity index (χ1n) is 10.7. The summed E-state index contributed by atoms with van der Waals surface area (Å²) in [6.45, 7) is 6.02. The summed E-state index contributed by atoms with van der Waals surface area (Å²) in [5, 5.41) is 0.630. The van der Waals surface area contributed by atoms with Crippen LogP contribution >= 0.6 is 11.8 Å². The van der Waals surface area contributed by atoms with Crippen molar-refractivity contribution >= 4 is 44.5 Å². The molecule has 0 spiro atoms. The molecule has 0 saturated heterocycles. The van der Waals surface area contributed by atoms with Gasteiger partial charge in [0.15, 0.2) is 33.6 Å². The topological polar surface area (TPSA) is 137 Å². The Morgan fingerprint density at radius 2 is 1.91 bits per heavy atom. The van der Waals surface area contributed by atoms with Crippen LogP contribution in [-0.4, -0.2) is 60.1 Å². The third-order valence-electron chi connectivity index (χ3n) is 4.92. The predicted octanol–water partition coefficient (Wildman–Crippen LogP) is 2.46. The summed E-state index contributed by atoms with van der Waals surface area (Å²) in [6.07, 6.45) is 1.75. The maximum absolute atomic E-state index is 12.5. The molecule has 34 heavy (non-hydrogen) atoms. The van der Waals surface area contributed by atoms with E-state index in [1.54, 1.807) is 0 Å². The second kappa shape index (κ2) is 9.12. The molecular weight excluding hydrogens is 478 g/mol. The molecule has 1 aromatic carbocycles. The molecule has 0 fully saturated rings. The molecule has 3 heterocycles. The van der Waals surface area contributed by atoms with Crippen LogP contribution in [0.15, 0.2) is 28.5 Å². The Kier molecular flexibility index (Phi) is 6.53. The number of aryl methyl sites for hydroxylation is 1. The number of ether oxygens (including phenoxy) is 2. The van der Waals surface area contributed by atoms with Gasteiger partial charge >= 0.3 is 0 Å². The van der Waals surface area contributed by atoms with Crippen molar-refractivity contribution in [3.8, 4) is 11.5 Å². The van der Waals surface area contributed by atoms with Gasteiger partial charge in [0.05, 0.1) is 11.4 Å². The highest BCUT2D eigenvalue weighted by atomic mass is 32.2. The number of fused-ring (bicyclic) bond motifs is 2. The van der Waals surface area contributed by atoms with Gasteiger partial charge in [-0.3, -0.25) is 0 Å². The number of nitrogens with zero attached hydrogens (tertiary/aromatic N) is 5. The number of nitrogens with two attached hydrogens (primary N) is 1. The van der Waals surface area contributed by atoms with E-state index in [0.717, 1.165) is 10.6 Å². The van der Waals surface area contributed by atoms with Crippen molar-refractivity contribution in [3.05, 3.63) is 18.5 Å². The zero-order valence-electron chi connectivity index (χ0n) is 19.8. The second-order valence-electron chi connectivity index (χ2n) is 9.17. The Bertz CT molecular complexity index is 1320. The maximum Gasteiger partial charge on any atom is 0.231 e. The Morgan fingerprint density at radius 3 is 2.59 bits per heavy atom. The van der Waals surface area contributed by atoms with Gasteiger partial charge in [-0.15, -0.1) is 0 Å². The largest absolute Gasteiger partial charge is 0.454 e. The molecule has 0 unspecified atom stereocenters. The molecule has 0 atom stereocenters. The standard InChI is InChI=1S/C21H29N7O4S2/c1-21(2,3)26-34(29,30)8-6-7-28-19-17(18(22)23-11-24-19)25-20(28)33-16-10-15-14(31-12-32-15)9-13(16)27(4)5/h9-11,26H,6-8,12H2,1-5H3,(H2,22,23,24). The highest BCUT2D eigenvalue weighted by molar-refractivity contribution is 7.99. The van der Waals surface area contributed by atoms with E-state index in [1.807, 2.05) is 56.5 Å². The third-order valence-corrected chi connectivity index (χ3v) is 7.71. The average Bonchev–Trinajstić information content (AvgIpc) is 3.30. The van der Waals surface area contributed by atoms with Gasteiger partial charge in [-0.2, -0.15) is 0 Å². The van der Waals surface area contributed by atoms with Crippen molar-refractivity contribution in [2.24, 2.45) is 0 Å². The Morgan fingerprint density at radius 1 is 1.21 bits per heavy atom. The number of sulfonamides is 1. The zero-order chi connectivity index (χ0) is 24.7. The first-order valence-corrected chi connectivity index (χ1v) is 13.2. The number of nitrogens with one attached hydrogen (secondary N) is 1. The summed E-state index contributed by atoms with van der Waals surface area (Å²) < 4.78 is 40.6. The van der Waals surface area contributed by atoms with Crippen molar-refractivity contribution in [2.45, 2.75) is 49.3 Å². The van der Waals surface area contributed by atoms with E-state index < -0.39 is 15.6 Å². The van der Waals surface area contributed by atoms with Crippen molar-refractivity contribution in [2.75, 3.05) is 37.3 Å². The molecule has 0 aliphatic carbocycles. The minimum Gasteiger partial charge on any atom is -0.454 e. The molecule has 0 radical (unpaired) electrons. The summed E-state index contributed by atoms with van der Waals surface area (Å²) in [5.41, 5.74) is 7.50. The van der Waals surface area contributed by atoms with Gasteiger partial charge in [-0.1, -0.05) is 0 Å². The average molecular weight is 508 g/mol. The molecule has 3 N–H and O–H groups in total. The smallest absolute Gasteiger partial charge is 0.231 e. The number of benzene rings is 1. The molecule has 0 saturated carbocycles. The summed E-state index contributed by atoms with van der Waals surface area (Å²) in [7, 11) is 0.456. The van der Waals surface area contributed by atoms with E-state index >= 15 is 0 Å². The SMILES string of the molecule is CN(C)c1cc2c(cc1Sc1nc3c(N)ncnc3n1CCCS(=O)(=O)NC(C)(C)C)OCO2. The number of nitrogen functional groups attached to an aromatic ring is 1. The van der Waals surface area contributed by atoms with Gasteiger partial charge in [0.1, 0.15) is 6.33 Å². The molecule has 0 bridgehead atoms. The maximum atomic E-state index is 12.5. The van der Waals surface area contributed by atoms with Crippen LogP contribution in [0.5, 0.6) is 11.5 Å². The van der Waals surface area contributed by atoms with Crippen LogP contribution in [-0.2, 0) is 16.6 Å². The lowest BCUT2D eigenvalue weighted by Crippen LogP contribution is -2.41. The fourth-order valence-corrected chi connectivity index (χ4v) is 6.26. The lowest BCUT2D eigenvalue weighted by molar-refractivity contribution is 0.174. The van der Waals surface area contributed by atoms with E-state index in [9.17, 15) is 8.42 Å². The number of anilines is 2. The van der Waals surface area contributed by atoms with Gasteiger partial charge in [0.2, 0.25) is 16.8 Å². The second-order valence-corrected chi connectivity index (χ2v) is 12.0. The van der Waals surface area contributed by atoms with E-state index in [2.05, 4.69) is 14.7 Å². The number of aromatic nitrogens is 4. The van der Waals surface area contributed by atoms with Crippen LogP contribution in [0.3, 0.4) is 0 Å². The normalized spacial score (nSPS) is 13.6. The summed E-state index contributed by atoms with van der Waals surface area (Å²) >= 11 is 1.42. The van der Waals surface area contributed by atoms with E-state index in [-0.39, 0.29) is 18.4 Å². The molecular formula is C21H29N7O4S2. The van der Waals surface area contributed by atoms with Gasteiger partial charge < -0.3 is 24.7 Å². The fraction of sp³-hybridized carbons (Fsp3) is 0.476. The summed E-state index contributed by atoms with van der Waals surface area (Å²) in [6, 6.07) is 3.84. The van der Waals surface area contributed by atoms with Gasteiger partial charge in [-0.05, 0) is 39.0 Å². The Labute approximate surface area is 203 Å². The molecule has 11 nitrogen and oxygen atoms in total. The molecule has 13 heteroatoms. The Balaban J connectivity index is 1.66. The van der Waals surface area contributed by atoms with Crippen molar-refractivity contribution in [1.29, 1.82) is 0 Å². The van der Waals surface area contributed by atoms with Crippen LogP contribution in [0.1, 0.15) is 27.2 Å². The molecule has 2 aromatic heterocycles. The first kappa shape index (κ1) is 24.4. The van der Waals surface area contributed by atoms with Crippen molar-refractivity contribution in [3.63, 3.8) is 0 Å². The van der Waals surface area contributed by atoms with E-state index in [0.29, 0.717) is 40.8 Å². The van der Waals surface area contributed by atoms with Crippen LogP contribution < -0.4 is 24.8 Å². The lowest BCUT2D eigenvalue weighted by atomic mass is 10.1. The number of hydrogen-bond acceptors (Lipinski definition) is 10. The van der Waals surface area contributed by atoms with Crippen LogP contribution in [0, 0.1) is 0 Å². The number of imidazole rings is 1. The molecule has 1 aliphatic rings. The molecule has 184 valence electrons. The zero-order valence-corrected chi connectivity index (χ0v) is 21.5. The summed E-state index contributed by atoms with van der Waals surface area (Å²) in [4.78, 5) is 16.0. The molecule has 0 amide bonds. The minimum atomic E-state index is -3.44. The van der Waals surface area contributed by atoms with Gasteiger partial charge in [0.25, 0.3) is 0 Å².